The van der Waals surface area contributed by atoms with Gasteiger partial charge in [-0.2, -0.15) is 0 Å². The Kier molecular flexibility index (Phi) is 5.82. The first-order chi connectivity index (χ1) is 8.88. The SMILES string of the molecule is CC(C)NC(=O)CCOC(=O)c1cc(N)cc(Br)c1. The molecule has 1 amide bonds. The number of benzene rings is 1. The van der Waals surface area contributed by atoms with Gasteiger partial charge in [0.15, 0.2) is 0 Å². The van der Waals surface area contributed by atoms with Crippen LogP contribution in [0.5, 0.6) is 0 Å². The number of anilines is 1. The molecule has 19 heavy (non-hydrogen) atoms. The minimum absolute atomic E-state index is 0.0454. The zero-order valence-electron chi connectivity index (χ0n) is 10.9. The number of nitrogens with two attached hydrogens (primary N) is 1. The Morgan fingerprint density at radius 3 is 2.63 bits per heavy atom. The van der Waals surface area contributed by atoms with Crippen LogP contribution in [0.2, 0.25) is 0 Å². The van der Waals surface area contributed by atoms with Crippen molar-refractivity contribution in [3.8, 4) is 0 Å². The molecule has 1 aromatic carbocycles. The molecular formula is C13H17BrN2O3. The molecule has 0 aliphatic rings. The van der Waals surface area contributed by atoms with Gasteiger partial charge in [-0.1, -0.05) is 15.9 Å². The van der Waals surface area contributed by atoms with E-state index in [1.54, 1.807) is 12.1 Å². The fraction of sp³-hybridized carbons (Fsp3) is 0.385. The number of nitrogens with one attached hydrogen (secondary N) is 1. The number of carbonyl (C=O) groups is 2. The van der Waals surface area contributed by atoms with Gasteiger partial charge in [0.1, 0.15) is 6.61 Å². The van der Waals surface area contributed by atoms with E-state index in [0.29, 0.717) is 15.7 Å². The highest BCUT2D eigenvalue weighted by atomic mass is 79.9. The van der Waals surface area contributed by atoms with Gasteiger partial charge in [0.05, 0.1) is 12.0 Å². The van der Waals surface area contributed by atoms with Crippen LogP contribution in [0.3, 0.4) is 0 Å². The summed E-state index contributed by atoms with van der Waals surface area (Å²) in [5.41, 5.74) is 6.46. The number of carbonyl (C=O) groups excluding carboxylic acids is 2. The number of ether oxygens (including phenoxy) is 1. The van der Waals surface area contributed by atoms with Crippen LogP contribution in [-0.2, 0) is 9.53 Å². The fourth-order valence-corrected chi connectivity index (χ4v) is 1.96. The Hall–Kier alpha value is -1.56. The molecule has 0 atom stereocenters. The molecule has 0 spiro atoms. The van der Waals surface area contributed by atoms with Gasteiger partial charge < -0.3 is 15.8 Å². The number of amides is 1. The molecule has 0 heterocycles. The molecule has 0 radical (unpaired) electrons. The van der Waals surface area contributed by atoms with Crippen LogP contribution in [-0.4, -0.2) is 24.5 Å². The van der Waals surface area contributed by atoms with Gasteiger partial charge >= 0.3 is 5.97 Å². The van der Waals surface area contributed by atoms with Gasteiger partial charge in [-0.3, -0.25) is 4.79 Å². The Morgan fingerprint density at radius 1 is 1.37 bits per heavy atom. The Morgan fingerprint density at radius 2 is 2.05 bits per heavy atom. The summed E-state index contributed by atoms with van der Waals surface area (Å²) in [6, 6.07) is 4.91. The number of nitrogen functional groups attached to an aromatic ring is 1. The smallest absolute Gasteiger partial charge is 0.338 e. The van der Waals surface area contributed by atoms with E-state index in [9.17, 15) is 9.59 Å². The first kappa shape index (κ1) is 15.5. The van der Waals surface area contributed by atoms with Crippen molar-refractivity contribution < 1.29 is 14.3 Å². The molecule has 0 aliphatic carbocycles. The standard InChI is InChI=1S/C13H17BrN2O3/c1-8(2)16-12(17)3-4-19-13(18)9-5-10(14)7-11(15)6-9/h5-8H,3-4,15H2,1-2H3,(H,16,17). The Bertz CT molecular complexity index is 455. The fourth-order valence-electron chi connectivity index (χ4n) is 1.44. The van der Waals surface area contributed by atoms with Gasteiger partial charge in [0.2, 0.25) is 5.91 Å². The van der Waals surface area contributed by atoms with E-state index < -0.39 is 5.97 Å². The average Bonchev–Trinajstić information content (AvgIpc) is 2.26. The van der Waals surface area contributed by atoms with Crippen molar-refractivity contribution in [1.29, 1.82) is 0 Å². The third kappa shape index (κ3) is 5.74. The highest BCUT2D eigenvalue weighted by Gasteiger charge is 2.10. The molecule has 0 fully saturated rings. The van der Waals surface area contributed by atoms with E-state index in [4.69, 9.17) is 10.5 Å². The van der Waals surface area contributed by atoms with Crippen LogP contribution >= 0.6 is 15.9 Å². The number of rotatable bonds is 5. The van der Waals surface area contributed by atoms with E-state index in [0.717, 1.165) is 0 Å². The van der Waals surface area contributed by atoms with E-state index in [1.165, 1.54) is 6.07 Å². The molecule has 0 bridgehead atoms. The number of hydrogen-bond donors (Lipinski definition) is 2. The third-order valence-corrected chi connectivity index (χ3v) is 2.63. The second kappa shape index (κ2) is 7.13. The zero-order valence-corrected chi connectivity index (χ0v) is 12.5. The number of esters is 1. The molecule has 0 aromatic heterocycles. The van der Waals surface area contributed by atoms with Crippen molar-refractivity contribution >= 4 is 33.5 Å². The van der Waals surface area contributed by atoms with Gasteiger partial charge in [-0.25, -0.2) is 4.79 Å². The largest absolute Gasteiger partial charge is 0.462 e. The zero-order chi connectivity index (χ0) is 14.4. The molecule has 5 nitrogen and oxygen atoms in total. The predicted octanol–water partition coefficient (Wildman–Crippen LogP) is 2.10. The summed E-state index contributed by atoms with van der Waals surface area (Å²) in [6.45, 7) is 3.78. The quantitative estimate of drug-likeness (QED) is 0.640. The topological polar surface area (TPSA) is 81.4 Å². The van der Waals surface area contributed by atoms with Crippen LogP contribution in [0, 0.1) is 0 Å². The summed E-state index contributed by atoms with van der Waals surface area (Å²) in [6.07, 6.45) is 0.146. The Labute approximate surface area is 120 Å². The molecule has 104 valence electrons. The second-order valence-corrected chi connectivity index (χ2v) is 5.30. The first-order valence-corrected chi connectivity index (χ1v) is 6.70. The molecular weight excluding hydrogens is 312 g/mol. The van der Waals surface area contributed by atoms with Gasteiger partial charge in [0, 0.05) is 16.2 Å². The van der Waals surface area contributed by atoms with Crippen LogP contribution < -0.4 is 11.1 Å². The minimum atomic E-state index is -0.495. The van der Waals surface area contributed by atoms with Crippen molar-refractivity contribution in [2.75, 3.05) is 12.3 Å². The number of halogens is 1. The Balaban J connectivity index is 2.45. The maximum Gasteiger partial charge on any atom is 0.338 e. The van der Waals surface area contributed by atoms with E-state index in [1.807, 2.05) is 13.8 Å². The molecule has 1 rings (SSSR count). The molecule has 0 saturated carbocycles. The molecule has 0 saturated heterocycles. The normalized spacial score (nSPS) is 10.3. The molecule has 6 heteroatoms. The lowest BCUT2D eigenvalue weighted by Gasteiger charge is -2.09. The molecule has 0 unspecified atom stereocenters. The van der Waals surface area contributed by atoms with Crippen LogP contribution in [0.25, 0.3) is 0 Å². The summed E-state index contributed by atoms with van der Waals surface area (Å²) in [5, 5.41) is 2.72. The predicted molar refractivity (Wildman–Crippen MR) is 76.7 cm³/mol. The van der Waals surface area contributed by atoms with Crippen molar-refractivity contribution in [1.82, 2.24) is 5.32 Å². The summed E-state index contributed by atoms with van der Waals surface area (Å²) < 4.78 is 5.72. The molecule has 0 aliphatic heterocycles. The lowest BCUT2D eigenvalue weighted by Crippen LogP contribution is -2.31. The van der Waals surface area contributed by atoms with E-state index >= 15 is 0 Å². The lowest BCUT2D eigenvalue weighted by atomic mass is 10.2. The third-order valence-electron chi connectivity index (χ3n) is 2.17. The van der Waals surface area contributed by atoms with Gasteiger partial charge in [-0.05, 0) is 32.0 Å². The van der Waals surface area contributed by atoms with Crippen molar-refractivity contribution in [3.05, 3.63) is 28.2 Å². The van der Waals surface area contributed by atoms with Crippen LogP contribution in [0.1, 0.15) is 30.6 Å². The van der Waals surface area contributed by atoms with Gasteiger partial charge in [-0.15, -0.1) is 0 Å². The monoisotopic (exact) mass is 328 g/mol. The average molecular weight is 329 g/mol. The summed E-state index contributed by atoms with van der Waals surface area (Å²) in [7, 11) is 0. The maximum absolute atomic E-state index is 11.7. The lowest BCUT2D eigenvalue weighted by molar-refractivity contribution is -0.122. The first-order valence-electron chi connectivity index (χ1n) is 5.91. The number of hydrogen-bond acceptors (Lipinski definition) is 4. The molecule has 1 aromatic rings. The van der Waals surface area contributed by atoms with Crippen molar-refractivity contribution in [2.45, 2.75) is 26.3 Å². The molecule has 3 N–H and O–H groups in total. The summed E-state index contributed by atoms with van der Waals surface area (Å²) >= 11 is 3.25. The summed E-state index contributed by atoms with van der Waals surface area (Å²) in [5.74, 6) is -0.637. The van der Waals surface area contributed by atoms with Crippen molar-refractivity contribution in [3.63, 3.8) is 0 Å². The van der Waals surface area contributed by atoms with Gasteiger partial charge in [0.25, 0.3) is 0 Å². The highest BCUT2D eigenvalue weighted by Crippen LogP contribution is 2.17. The highest BCUT2D eigenvalue weighted by molar-refractivity contribution is 9.10. The van der Waals surface area contributed by atoms with Crippen LogP contribution in [0.15, 0.2) is 22.7 Å². The maximum atomic E-state index is 11.7. The minimum Gasteiger partial charge on any atom is -0.462 e. The van der Waals surface area contributed by atoms with E-state index in [-0.39, 0.29) is 25.0 Å². The van der Waals surface area contributed by atoms with Crippen molar-refractivity contribution in [2.24, 2.45) is 0 Å². The second-order valence-electron chi connectivity index (χ2n) is 4.38. The van der Waals surface area contributed by atoms with E-state index in [2.05, 4.69) is 21.2 Å². The summed E-state index contributed by atoms with van der Waals surface area (Å²) in [4.78, 5) is 23.1. The van der Waals surface area contributed by atoms with Crippen LogP contribution in [0.4, 0.5) is 5.69 Å².